The van der Waals surface area contributed by atoms with E-state index in [2.05, 4.69) is 190 Å². The first-order chi connectivity index (χ1) is 27.3. The number of nitrogens with one attached hydrogen (secondary N) is 1. The Balaban J connectivity index is 1.11. The van der Waals surface area contributed by atoms with Crippen LogP contribution in [0.4, 0.5) is 0 Å². The molecule has 3 aromatic heterocycles. The van der Waals surface area contributed by atoms with Crippen LogP contribution in [0.15, 0.2) is 197 Å². The van der Waals surface area contributed by atoms with Gasteiger partial charge in [0.15, 0.2) is 0 Å². The van der Waals surface area contributed by atoms with Crippen LogP contribution in [-0.2, 0) is 0 Å². The number of aromatic nitrogens is 2. The Morgan fingerprint density at radius 2 is 1.18 bits per heavy atom. The molecule has 1 aliphatic carbocycles. The van der Waals surface area contributed by atoms with Gasteiger partial charge in [0.1, 0.15) is 17.0 Å². The SMILES string of the molecule is C1=CC2=C(c3ccccc3)N=C(c3cccc4oc5cc(-n6c7ccccc7c7ccc8c9ccccc9n(-c9ccccc9)c8c76)ccc5c34)NC2C=C1. The Kier molecular flexibility index (Phi) is 6.33. The molecule has 7 aromatic carbocycles. The maximum Gasteiger partial charge on any atom is 0.137 e. The van der Waals surface area contributed by atoms with Crippen molar-refractivity contribution in [2.24, 2.45) is 4.99 Å². The third-order valence-electron chi connectivity index (χ3n) is 11.3. The van der Waals surface area contributed by atoms with Crippen molar-refractivity contribution in [2.45, 2.75) is 6.04 Å². The fourth-order valence-corrected chi connectivity index (χ4v) is 8.98. The summed E-state index contributed by atoms with van der Waals surface area (Å²) in [6.45, 7) is 0. The molecule has 12 rings (SSSR count). The molecule has 1 atom stereocenters. The number of para-hydroxylation sites is 3. The van der Waals surface area contributed by atoms with Crippen molar-refractivity contribution in [2.75, 3.05) is 0 Å². The quantitative estimate of drug-likeness (QED) is 0.198. The Morgan fingerprint density at radius 1 is 0.527 bits per heavy atom. The van der Waals surface area contributed by atoms with Gasteiger partial charge in [-0.15, -0.1) is 0 Å². The first kappa shape index (κ1) is 30.1. The highest BCUT2D eigenvalue weighted by Crippen LogP contribution is 2.43. The van der Waals surface area contributed by atoms with Crippen LogP contribution in [0.25, 0.3) is 82.6 Å². The van der Waals surface area contributed by atoms with Crippen LogP contribution in [0.3, 0.4) is 0 Å². The number of rotatable bonds is 4. The van der Waals surface area contributed by atoms with Crippen molar-refractivity contribution < 1.29 is 4.42 Å². The number of aliphatic imine (C=N–C) groups is 1. The zero-order valence-corrected chi connectivity index (χ0v) is 29.6. The molecule has 55 heavy (non-hydrogen) atoms. The number of nitrogens with zero attached hydrogens (tertiary/aromatic N) is 3. The van der Waals surface area contributed by atoms with Crippen LogP contribution in [0.5, 0.6) is 0 Å². The molecule has 0 saturated heterocycles. The van der Waals surface area contributed by atoms with E-state index < -0.39 is 0 Å². The maximum absolute atomic E-state index is 6.75. The fraction of sp³-hybridized carbons (Fsp3) is 0.0200. The number of fused-ring (bicyclic) bond motifs is 11. The molecule has 0 saturated carbocycles. The molecule has 1 aliphatic heterocycles. The minimum absolute atomic E-state index is 0.0198. The molecular weight excluding hydrogens is 673 g/mol. The van der Waals surface area contributed by atoms with E-state index in [9.17, 15) is 0 Å². The molecule has 5 heteroatoms. The Morgan fingerprint density at radius 3 is 1.93 bits per heavy atom. The number of hydrogen-bond acceptors (Lipinski definition) is 3. The zero-order chi connectivity index (χ0) is 36.0. The highest BCUT2D eigenvalue weighted by Gasteiger charge is 2.27. The number of hydrogen-bond donors (Lipinski definition) is 1. The van der Waals surface area contributed by atoms with Crippen molar-refractivity contribution in [1.82, 2.24) is 14.5 Å². The van der Waals surface area contributed by atoms with Gasteiger partial charge in [-0.1, -0.05) is 133 Å². The minimum atomic E-state index is 0.0198. The van der Waals surface area contributed by atoms with Crippen molar-refractivity contribution in [3.8, 4) is 11.4 Å². The monoisotopic (exact) mass is 704 g/mol. The van der Waals surface area contributed by atoms with Crippen LogP contribution in [-0.4, -0.2) is 21.0 Å². The molecule has 2 aliphatic rings. The predicted molar refractivity (Wildman–Crippen MR) is 228 cm³/mol. The molecule has 1 unspecified atom stereocenters. The zero-order valence-electron chi connectivity index (χ0n) is 29.6. The summed E-state index contributed by atoms with van der Waals surface area (Å²) in [4.78, 5) is 5.30. The van der Waals surface area contributed by atoms with Crippen molar-refractivity contribution in [1.29, 1.82) is 0 Å². The molecule has 0 bridgehead atoms. The average molecular weight is 705 g/mol. The maximum atomic E-state index is 6.75. The summed E-state index contributed by atoms with van der Waals surface area (Å²) in [5.41, 5.74) is 12.8. The summed E-state index contributed by atoms with van der Waals surface area (Å²) in [6.07, 6.45) is 8.55. The lowest BCUT2D eigenvalue weighted by Gasteiger charge is -2.28. The molecule has 4 heterocycles. The summed E-state index contributed by atoms with van der Waals surface area (Å²) in [5.74, 6) is 0.837. The lowest BCUT2D eigenvalue weighted by atomic mass is 9.93. The number of amidine groups is 1. The molecule has 258 valence electrons. The summed E-state index contributed by atoms with van der Waals surface area (Å²) in [6, 6.07) is 56.2. The molecular formula is C50H32N4O. The number of benzene rings is 7. The summed E-state index contributed by atoms with van der Waals surface area (Å²) < 4.78 is 11.6. The highest BCUT2D eigenvalue weighted by molar-refractivity contribution is 6.24. The molecule has 0 amide bonds. The largest absolute Gasteiger partial charge is 0.456 e. The van der Waals surface area contributed by atoms with Gasteiger partial charge in [-0.05, 0) is 42.5 Å². The standard InChI is InChI=1S/C50H32N4O/c1-3-14-31(15-4-1)47-38-20-7-10-22-41(38)51-50(52-47)40-21-13-25-44-46(40)39-27-26-33(30-45(39)55-44)54-43-24-12-9-19-35(43)37-29-28-36-34-18-8-11-23-42(34)53(48(36)49(37)54)32-16-5-2-6-17-32/h1-30,41H,(H,51,52). The minimum Gasteiger partial charge on any atom is -0.456 e. The van der Waals surface area contributed by atoms with Crippen LogP contribution in [0.2, 0.25) is 0 Å². The average Bonchev–Trinajstić information content (AvgIpc) is 3.91. The molecule has 1 N–H and O–H groups in total. The second-order valence-corrected chi connectivity index (χ2v) is 14.4. The van der Waals surface area contributed by atoms with Crippen LogP contribution in [0, 0.1) is 0 Å². The second-order valence-electron chi connectivity index (χ2n) is 14.4. The predicted octanol–water partition coefficient (Wildman–Crippen LogP) is 12.0. The molecule has 5 nitrogen and oxygen atoms in total. The van der Waals surface area contributed by atoms with Gasteiger partial charge in [-0.25, -0.2) is 4.99 Å². The lowest BCUT2D eigenvalue weighted by molar-refractivity contribution is 0.668. The second kappa shape index (κ2) is 11.6. The van der Waals surface area contributed by atoms with E-state index in [0.717, 1.165) is 67.1 Å². The number of furan rings is 1. The van der Waals surface area contributed by atoms with Crippen molar-refractivity contribution in [3.05, 3.63) is 199 Å². The first-order valence-electron chi connectivity index (χ1n) is 18.8. The molecule has 0 fully saturated rings. The Labute approximate surface area is 316 Å². The summed E-state index contributed by atoms with van der Waals surface area (Å²) >= 11 is 0. The van der Waals surface area contributed by atoms with Gasteiger partial charge in [0.05, 0.1) is 39.5 Å². The third-order valence-corrected chi connectivity index (χ3v) is 11.3. The van der Waals surface area contributed by atoms with Crippen LogP contribution < -0.4 is 5.32 Å². The van der Waals surface area contributed by atoms with E-state index in [1.807, 2.05) is 6.07 Å². The smallest absolute Gasteiger partial charge is 0.137 e. The van der Waals surface area contributed by atoms with Gasteiger partial charge in [0.2, 0.25) is 0 Å². The van der Waals surface area contributed by atoms with E-state index in [4.69, 9.17) is 9.41 Å². The fourth-order valence-electron chi connectivity index (χ4n) is 8.98. The van der Waals surface area contributed by atoms with Crippen molar-refractivity contribution >= 4 is 77.1 Å². The van der Waals surface area contributed by atoms with Crippen molar-refractivity contribution in [3.63, 3.8) is 0 Å². The lowest BCUT2D eigenvalue weighted by Crippen LogP contribution is -2.39. The van der Waals surface area contributed by atoms with Crippen LogP contribution >= 0.6 is 0 Å². The van der Waals surface area contributed by atoms with Gasteiger partial charge in [-0.2, -0.15) is 0 Å². The molecule has 0 radical (unpaired) electrons. The van der Waals surface area contributed by atoms with Gasteiger partial charge in [0.25, 0.3) is 0 Å². The molecule has 10 aromatic rings. The highest BCUT2D eigenvalue weighted by atomic mass is 16.3. The van der Waals surface area contributed by atoms with Gasteiger partial charge < -0.3 is 18.9 Å². The topological polar surface area (TPSA) is 47.4 Å². The van der Waals surface area contributed by atoms with E-state index >= 15 is 0 Å². The first-order valence-corrected chi connectivity index (χ1v) is 18.8. The van der Waals surface area contributed by atoms with Crippen LogP contribution in [0.1, 0.15) is 11.1 Å². The van der Waals surface area contributed by atoms with Gasteiger partial charge >= 0.3 is 0 Å². The summed E-state index contributed by atoms with van der Waals surface area (Å²) in [5, 5.41) is 10.7. The summed E-state index contributed by atoms with van der Waals surface area (Å²) in [7, 11) is 0. The van der Waals surface area contributed by atoms with E-state index in [1.165, 1.54) is 38.1 Å². The van der Waals surface area contributed by atoms with E-state index in [0.29, 0.717) is 0 Å². The molecule has 0 spiro atoms. The Hall–Kier alpha value is -7.37. The van der Waals surface area contributed by atoms with E-state index in [1.54, 1.807) is 0 Å². The normalized spacial score (nSPS) is 15.5. The van der Waals surface area contributed by atoms with Gasteiger partial charge in [-0.3, -0.25) is 0 Å². The Bertz CT molecular complexity index is 3340. The van der Waals surface area contributed by atoms with Gasteiger partial charge in [0, 0.05) is 60.8 Å². The van der Waals surface area contributed by atoms with E-state index in [-0.39, 0.29) is 6.04 Å². The third kappa shape index (κ3) is 4.38. The number of allylic oxidation sites excluding steroid dienone is 2.